The molecule has 0 bridgehead atoms. The number of rotatable bonds is 5. The molecule has 1 aliphatic heterocycles. The van der Waals surface area contributed by atoms with E-state index in [-0.39, 0.29) is 11.3 Å². The Bertz CT molecular complexity index is 1290. The molecular formula is C22H21N3O4S. The molecule has 2 aromatic carbocycles. The van der Waals surface area contributed by atoms with Crippen LogP contribution in [0, 0.1) is 0 Å². The second-order valence-electron chi connectivity index (χ2n) is 6.83. The molecule has 0 fully saturated rings. The number of ether oxygens (including phenoxy) is 2. The molecule has 0 amide bonds. The number of benzene rings is 2. The molecule has 2 heterocycles. The van der Waals surface area contributed by atoms with Crippen molar-refractivity contribution in [3.8, 4) is 11.5 Å². The molecule has 1 aromatic heterocycles. The fourth-order valence-corrected chi connectivity index (χ4v) is 4.25. The molecule has 0 unspecified atom stereocenters. The van der Waals surface area contributed by atoms with Gasteiger partial charge in [-0.2, -0.15) is 0 Å². The van der Waals surface area contributed by atoms with Gasteiger partial charge >= 0.3 is 0 Å². The van der Waals surface area contributed by atoms with Gasteiger partial charge < -0.3 is 14.4 Å². The van der Waals surface area contributed by atoms with Crippen molar-refractivity contribution < 1.29 is 14.3 Å². The Kier molecular flexibility index (Phi) is 5.41. The zero-order valence-electron chi connectivity index (χ0n) is 16.9. The number of thiazole rings is 1. The van der Waals surface area contributed by atoms with Gasteiger partial charge in [0.15, 0.2) is 22.1 Å². The number of anilines is 1. The number of carbonyl (C=O) groups excluding carboxylic acids is 1. The second-order valence-corrected chi connectivity index (χ2v) is 7.84. The lowest BCUT2D eigenvalue weighted by atomic mass is 10.1. The molecule has 30 heavy (non-hydrogen) atoms. The van der Waals surface area contributed by atoms with Gasteiger partial charge in [0, 0.05) is 11.3 Å². The summed E-state index contributed by atoms with van der Waals surface area (Å²) >= 11 is 1.36. The van der Waals surface area contributed by atoms with E-state index in [1.807, 2.05) is 47.4 Å². The van der Waals surface area contributed by atoms with Gasteiger partial charge in [0.25, 0.3) is 5.56 Å². The summed E-state index contributed by atoms with van der Waals surface area (Å²) in [4.78, 5) is 31.9. The third kappa shape index (κ3) is 3.73. The normalized spacial score (nSPS) is 13.6. The summed E-state index contributed by atoms with van der Waals surface area (Å²) in [6.45, 7) is 2.35. The predicted octanol–water partition coefficient (Wildman–Crippen LogP) is 2.01. The average molecular weight is 423 g/mol. The van der Waals surface area contributed by atoms with Crippen LogP contribution in [0.2, 0.25) is 0 Å². The van der Waals surface area contributed by atoms with E-state index in [4.69, 9.17) is 9.47 Å². The highest BCUT2D eigenvalue weighted by atomic mass is 32.1. The SMILES string of the molecule is COc1ccc(/C=c2/sc3n(c2=O)CN(c2cccc(C(C)=O)c2)CN=3)cc1OC. The quantitative estimate of drug-likeness (QED) is 0.587. The topological polar surface area (TPSA) is 73.1 Å². The Morgan fingerprint density at radius 3 is 2.67 bits per heavy atom. The molecule has 0 saturated heterocycles. The van der Waals surface area contributed by atoms with Gasteiger partial charge in [-0.25, -0.2) is 4.99 Å². The van der Waals surface area contributed by atoms with E-state index < -0.39 is 0 Å². The molecule has 0 saturated carbocycles. The van der Waals surface area contributed by atoms with Crippen LogP contribution in [0.3, 0.4) is 0 Å². The van der Waals surface area contributed by atoms with Crippen molar-refractivity contribution >= 4 is 28.9 Å². The molecule has 0 atom stereocenters. The van der Waals surface area contributed by atoms with Crippen LogP contribution in [-0.4, -0.2) is 31.2 Å². The number of hydrogen-bond acceptors (Lipinski definition) is 7. The highest BCUT2D eigenvalue weighted by Gasteiger charge is 2.17. The third-order valence-electron chi connectivity index (χ3n) is 4.90. The van der Waals surface area contributed by atoms with Crippen molar-refractivity contribution in [3.63, 3.8) is 0 Å². The van der Waals surface area contributed by atoms with Crippen molar-refractivity contribution in [2.45, 2.75) is 13.6 Å². The van der Waals surface area contributed by atoms with Crippen LogP contribution in [0.25, 0.3) is 6.08 Å². The van der Waals surface area contributed by atoms with E-state index in [1.165, 1.54) is 18.3 Å². The first-order chi connectivity index (χ1) is 14.5. The Hall–Kier alpha value is -3.39. The van der Waals surface area contributed by atoms with E-state index >= 15 is 0 Å². The average Bonchev–Trinajstić information content (AvgIpc) is 3.08. The lowest BCUT2D eigenvalue weighted by molar-refractivity contribution is 0.101. The lowest BCUT2D eigenvalue weighted by Crippen LogP contribution is -2.42. The Morgan fingerprint density at radius 2 is 1.93 bits per heavy atom. The van der Waals surface area contributed by atoms with Crippen molar-refractivity contribution in [3.05, 3.63) is 73.3 Å². The molecule has 0 radical (unpaired) electrons. The summed E-state index contributed by atoms with van der Waals surface area (Å²) in [5.41, 5.74) is 2.25. The monoisotopic (exact) mass is 423 g/mol. The molecule has 154 valence electrons. The van der Waals surface area contributed by atoms with Gasteiger partial charge in [0.1, 0.15) is 13.3 Å². The molecule has 7 nitrogen and oxygen atoms in total. The van der Waals surface area contributed by atoms with E-state index in [0.29, 0.717) is 39.7 Å². The van der Waals surface area contributed by atoms with Gasteiger partial charge in [-0.3, -0.25) is 14.2 Å². The second kappa shape index (κ2) is 8.16. The highest BCUT2D eigenvalue weighted by Crippen LogP contribution is 2.27. The Labute approximate surface area is 177 Å². The number of methoxy groups -OCH3 is 2. The maximum atomic E-state index is 13.0. The van der Waals surface area contributed by atoms with Gasteiger partial charge in [-0.1, -0.05) is 29.5 Å². The standard InChI is InChI=1S/C22H21N3O4S/c1-14(26)16-5-4-6-17(11-16)24-12-23-22-25(13-24)21(27)20(30-22)10-15-7-8-18(28-2)19(9-15)29-3/h4-11H,12-13H2,1-3H3/b20-10+. The van der Waals surface area contributed by atoms with Crippen LogP contribution >= 0.6 is 11.3 Å². The van der Waals surface area contributed by atoms with E-state index in [9.17, 15) is 9.59 Å². The largest absolute Gasteiger partial charge is 0.493 e. The Balaban J connectivity index is 1.68. The molecule has 0 aliphatic carbocycles. The molecule has 0 spiro atoms. The summed E-state index contributed by atoms with van der Waals surface area (Å²) in [7, 11) is 3.16. The van der Waals surface area contributed by atoms with Gasteiger partial charge in [0.2, 0.25) is 0 Å². The summed E-state index contributed by atoms with van der Waals surface area (Å²) in [6.07, 6.45) is 1.83. The first-order valence-corrected chi connectivity index (χ1v) is 10.2. The fourth-order valence-electron chi connectivity index (χ4n) is 3.29. The molecule has 8 heteroatoms. The zero-order chi connectivity index (χ0) is 21.3. The van der Waals surface area contributed by atoms with Crippen LogP contribution in [0.15, 0.2) is 52.3 Å². The van der Waals surface area contributed by atoms with Crippen molar-refractivity contribution in [2.75, 3.05) is 25.8 Å². The molecule has 1 aliphatic rings. The first-order valence-electron chi connectivity index (χ1n) is 9.34. The maximum absolute atomic E-state index is 13.0. The molecule has 3 aromatic rings. The predicted molar refractivity (Wildman–Crippen MR) is 116 cm³/mol. The number of Topliss-reactive ketones (excluding diaryl/α,β-unsaturated/α-hetero) is 1. The fraction of sp³-hybridized carbons (Fsp3) is 0.227. The maximum Gasteiger partial charge on any atom is 0.271 e. The molecule has 4 rings (SSSR count). The number of nitrogens with zero attached hydrogens (tertiary/aromatic N) is 3. The lowest BCUT2D eigenvalue weighted by Gasteiger charge is -2.25. The van der Waals surface area contributed by atoms with Gasteiger partial charge in [-0.05, 0) is 42.8 Å². The number of aromatic nitrogens is 1. The zero-order valence-corrected chi connectivity index (χ0v) is 17.7. The third-order valence-corrected chi connectivity index (χ3v) is 5.94. The van der Waals surface area contributed by atoms with E-state index in [1.54, 1.807) is 24.9 Å². The Morgan fingerprint density at radius 1 is 1.13 bits per heavy atom. The van der Waals surface area contributed by atoms with Gasteiger partial charge in [0.05, 0.1) is 18.8 Å². The summed E-state index contributed by atoms with van der Waals surface area (Å²) in [5, 5.41) is 0. The van der Waals surface area contributed by atoms with E-state index in [2.05, 4.69) is 4.99 Å². The molecular weight excluding hydrogens is 402 g/mol. The van der Waals surface area contributed by atoms with Crippen LogP contribution in [0.1, 0.15) is 22.8 Å². The number of fused-ring (bicyclic) bond motifs is 1. The minimum atomic E-state index is -0.0963. The smallest absolute Gasteiger partial charge is 0.271 e. The van der Waals surface area contributed by atoms with Gasteiger partial charge in [-0.15, -0.1) is 0 Å². The van der Waals surface area contributed by atoms with Crippen LogP contribution in [0.4, 0.5) is 5.69 Å². The first kappa shape index (κ1) is 19.9. The number of hydrogen-bond donors (Lipinski definition) is 0. The highest BCUT2D eigenvalue weighted by molar-refractivity contribution is 7.07. The number of ketones is 1. The van der Waals surface area contributed by atoms with Crippen LogP contribution < -0.4 is 29.3 Å². The van der Waals surface area contributed by atoms with Crippen molar-refractivity contribution in [1.82, 2.24) is 4.57 Å². The minimum Gasteiger partial charge on any atom is -0.493 e. The van der Waals surface area contributed by atoms with Crippen LogP contribution in [-0.2, 0) is 6.67 Å². The van der Waals surface area contributed by atoms with Crippen molar-refractivity contribution in [1.29, 1.82) is 0 Å². The van der Waals surface area contributed by atoms with Crippen molar-refractivity contribution in [2.24, 2.45) is 4.99 Å². The van der Waals surface area contributed by atoms with Crippen LogP contribution in [0.5, 0.6) is 11.5 Å². The molecule has 0 N–H and O–H groups in total. The summed E-state index contributed by atoms with van der Waals surface area (Å²) < 4.78 is 12.9. The summed E-state index contributed by atoms with van der Waals surface area (Å²) in [6, 6.07) is 12.9. The minimum absolute atomic E-state index is 0.00555. The van der Waals surface area contributed by atoms with E-state index in [0.717, 1.165) is 11.3 Å². The summed E-state index contributed by atoms with van der Waals surface area (Å²) in [5.74, 6) is 1.25. The number of carbonyl (C=O) groups is 1.